The average Bonchev–Trinajstić information content (AvgIpc) is 2.45. The highest BCUT2D eigenvalue weighted by atomic mass is 16.3. The molecule has 1 aromatic rings. The van der Waals surface area contributed by atoms with Crippen molar-refractivity contribution < 1.29 is 15.0 Å². The zero-order chi connectivity index (χ0) is 14.3. The third-order valence-electron chi connectivity index (χ3n) is 3.21. The summed E-state index contributed by atoms with van der Waals surface area (Å²) in [5.74, 6) is -0.162. The van der Waals surface area contributed by atoms with Gasteiger partial charge in [-0.2, -0.15) is 0 Å². The number of hydrogen-bond acceptors (Lipinski definition) is 3. The second-order valence-corrected chi connectivity index (χ2v) is 5.10. The maximum absolute atomic E-state index is 11.7. The number of hydrogen-bond donors (Lipinski definition) is 3. The van der Waals surface area contributed by atoms with Gasteiger partial charge in [0.1, 0.15) is 0 Å². The minimum Gasteiger partial charge on any atom is -0.394 e. The van der Waals surface area contributed by atoms with Gasteiger partial charge in [-0.3, -0.25) is 4.79 Å². The highest BCUT2D eigenvalue weighted by Gasteiger charge is 2.24. The highest BCUT2D eigenvalue weighted by Crippen LogP contribution is 2.08. The molecule has 1 amide bonds. The van der Waals surface area contributed by atoms with Gasteiger partial charge < -0.3 is 15.5 Å². The lowest BCUT2D eigenvalue weighted by molar-refractivity contribution is -0.124. The van der Waals surface area contributed by atoms with Crippen molar-refractivity contribution in [1.82, 2.24) is 5.32 Å². The predicted octanol–water partition coefficient (Wildman–Crippen LogP) is 1.04. The summed E-state index contributed by atoms with van der Waals surface area (Å²) in [6.07, 6.45) is 2.01. The first-order valence-corrected chi connectivity index (χ1v) is 6.63. The summed E-state index contributed by atoms with van der Waals surface area (Å²) in [5.41, 5.74) is 1.45. The molecule has 1 aromatic carbocycles. The third kappa shape index (κ3) is 5.01. The van der Waals surface area contributed by atoms with Crippen LogP contribution < -0.4 is 5.32 Å². The molecule has 0 radical (unpaired) electrons. The molecule has 3 N–H and O–H groups in total. The van der Waals surface area contributed by atoms with Crippen molar-refractivity contribution in [1.29, 1.82) is 0 Å². The Balaban J connectivity index is 2.45. The van der Waals surface area contributed by atoms with E-state index in [0.29, 0.717) is 12.8 Å². The third-order valence-corrected chi connectivity index (χ3v) is 3.21. The van der Waals surface area contributed by atoms with Crippen molar-refractivity contribution in [3.8, 4) is 0 Å². The quantitative estimate of drug-likeness (QED) is 0.690. The fourth-order valence-electron chi connectivity index (χ4n) is 1.73. The van der Waals surface area contributed by atoms with Crippen LogP contribution in [-0.4, -0.2) is 34.9 Å². The number of rotatable bonds is 7. The maximum Gasteiger partial charge on any atom is 0.220 e. The van der Waals surface area contributed by atoms with E-state index >= 15 is 0 Å². The van der Waals surface area contributed by atoms with Gasteiger partial charge in [-0.25, -0.2) is 0 Å². The van der Waals surface area contributed by atoms with E-state index in [-0.39, 0.29) is 19.1 Å². The molecule has 19 heavy (non-hydrogen) atoms. The van der Waals surface area contributed by atoms with E-state index in [1.165, 1.54) is 5.56 Å². The molecule has 0 unspecified atom stereocenters. The van der Waals surface area contributed by atoms with Crippen molar-refractivity contribution in [3.05, 3.63) is 35.4 Å². The number of benzene rings is 1. The highest BCUT2D eigenvalue weighted by molar-refractivity contribution is 5.77. The van der Waals surface area contributed by atoms with Crippen LogP contribution in [0.1, 0.15) is 31.4 Å². The molecule has 0 saturated heterocycles. The topological polar surface area (TPSA) is 69.6 Å². The molecule has 0 heterocycles. The van der Waals surface area contributed by atoms with E-state index in [0.717, 1.165) is 12.0 Å². The summed E-state index contributed by atoms with van der Waals surface area (Å²) in [6.45, 7) is 3.16. The molecular formula is C15H23NO3. The lowest BCUT2D eigenvalue weighted by atomic mass is 10.0. The van der Waals surface area contributed by atoms with Crippen molar-refractivity contribution in [2.24, 2.45) is 0 Å². The molecule has 0 aliphatic carbocycles. The Morgan fingerprint density at radius 3 is 2.16 bits per heavy atom. The van der Waals surface area contributed by atoms with Gasteiger partial charge in [-0.1, -0.05) is 31.2 Å². The van der Waals surface area contributed by atoms with Gasteiger partial charge in [-0.05, 0) is 30.9 Å². The Bertz CT molecular complexity index is 396. The van der Waals surface area contributed by atoms with Crippen LogP contribution in [0.15, 0.2) is 24.3 Å². The molecule has 0 atom stereocenters. The fraction of sp³-hybridized carbons (Fsp3) is 0.533. The van der Waals surface area contributed by atoms with Crippen LogP contribution >= 0.6 is 0 Å². The largest absolute Gasteiger partial charge is 0.394 e. The van der Waals surface area contributed by atoms with Crippen LogP contribution in [0, 0.1) is 0 Å². The first-order valence-electron chi connectivity index (χ1n) is 6.63. The Morgan fingerprint density at radius 1 is 1.16 bits per heavy atom. The zero-order valence-electron chi connectivity index (χ0n) is 11.6. The second kappa shape index (κ2) is 7.26. The van der Waals surface area contributed by atoms with Crippen molar-refractivity contribution in [3.63, 3.8) is 0 Å². The normalized spacial score (nSPS) is 11.4. The van der Waals surface area contributed by atoms with Gasteiger partial charge in [-0.15, -0.1) is 0 Å². The summed E-state index contributed by atoms with van der Waals surface area (Å²) >= 11 is 0. The van der Waals surface area contributed by atoms with E-state index in [2.05, 4.69) is 24.4 Å². The summed E-state index contributed by atoms with van der Waals surface area (Å²) in [5, 5.41) is 20.9. The number of aliphatic hydroxyl groups excluding tert-OH is 2. The molecule has 106 valence electrons. The van der Waals surface area contributed by atoms with Crippen molar-refractivity contribution >= 4 is 5.91 Å². The number of aryl methyl sites for hydroxylation is 2. The van der Waals surface area contributed by atoms with E-state index in [4.69, 9.17) is 10.2 Å². The molecule has 0 saturated carbocycles. The summed E-state index contributed by atoms with van der Waals surface area (Å²) < 4.78 is 0. The van der Waals surface area contributed by atoms with Crippen LogP contribution in [-0.2, 0) is 17.6 Å². The van der Waals surface area contributed by atoms with Gasteiger partial charge in [0.05, 0.1) is 18.8 Å². The average molecular weight is 265 g/mol. The van der Waals surface area contributed by atoms with Crippen molar-refractivity contribution in [2.75, 3.05) is 13.2 Å². The SMILES string of the molecule is CCc1ccc(CCC(=O)NC(C)(CO)CO)cc1. The van der Waals surface area contributed by atoms with Gasteiger partial charge in [0.2, 0.25) is 5.91 Å². The fourth-order valence-corrected chi connectivity index (χ4v) is 1.73. The Hall–Kier alpha value is -1.39. The summed E-state index contributed by atoms with van der Waals surface area (Å²) in [6, 6.07) is 8.20. The number of aliphatic hydroxyl groups is 2. The summed E-state index contributed by atoms with van der Waals surface area (Å²) in [7, 11) is 0. The van der Waals surface area contributed by atoms with Gasteiger partial charge in [0.25, 0.3) is 0 Å². The van der Waals surface area contributed by atoms with Crippen LogP contribution in [0.5, 0.6) is 0 Å². The lowest BCUT2D eigenvalue weighted by Crippen LogP contribution is -2.51. The number of amides is 1. The molecule has 4 nitrogen and oxygen atoms in total. The van der Waals surface area contributed by atoms with Crippen LogP contribution in [0.4, 0.5) is 0 Å². The first kappa shape index (κ1) is 15.7. The molecule has 0 aliphatic rings. The Kier molecular flexibility index (Phi) is 5.99. The Labute approximate surface area is 114 Å². The number of carbonyl (C=O) groups excluding carboxylic acids is 1. The smallest absolute Gasteiger partial charge is 0.220 e. The van der Waals surface area contributed by atoms with Crippen LogP contribution in [0.2, 0.25) is 0 Å². The molecule has 0 spiro atoms. The van der Waals surface area contributed by atoms with Crippen LogP contribution in [0.25, 0.3) is 0 Å². The molecule has 4 heteroatoms. The molecule has 0 bridgehead atoms. The minimum atomic E-state index is -0.941. The second-order valence-electron chi connectivity index (χ2n) is 5.10. The van der Waals surface area contributed by atoms with Crippen molar-refractivity contribution in [2.45, 2.75) is 38.6 Å². The van der Waals surface area contributed by atoms with Crippen LogP contribution in [0.3, 0.4) is 0 Å². The van der Waals surface area contributed by atoms with E-state index < -0.39 is 5.54 Å². The lowest BCUT2D eigenvalue weighted by Gasteiger charge is -2.26. The molecule has 0 aliphatic heterocycles. The summed E-state index contributed by atoms with van der Waals surface area (Å²) in [4.78, 5) is 11.7. The van der Waals surface area contributed by atoms with E-state index in [1.54, 1.807) is 6.92 Å². The van der Waals surface area contributed by atoms with Gasteiger partial charge in [0.15, 0.2) is 0 Å². The molecule has 0 aromatic heterocycles. The minimum absolute atomic E-state index is 0.162. The molecular weight excluding hydrogens is 242 g/mol. The standard InChI is InChI=1S/C15H23NO3/c1-3-12-4-6-13(7-5-12)8-9-14(19)16-15(2,10-17)11-18/h4-7,17-18H,3,8-11H2,1-2H3,(H,16,19). The zero-order valence-corrected chi connectivity index (χ0v) is 11.6. The van der Waals surface area contributed by atoms with Gasteiger partial charge >= 0.3 is 0 Å². The first-order chi connectivity index (χ1) is 9.03. The van der Waals surface area contributed by atoms with E-state index in [1.807, 2.05) is 12.1 Å². The number of carbonyl (C=O) groups is 1. The van der Waals surface area contributed by atoms with Gasteiger partial charge in [0, 0.05) is 6.42 Å². The molecule has 1 rings (SSSR count). The monoisotopic (exact) mass is 265 g/mol. The maximum atomic E-state index is 11.7. The predicted molar refractivity (Wildman–Crippen MR) is 74.9 cm³/mol. The number of nitrogens with one attached hydrogen (secondary N) is 1. The Morgan fingerprint density at radius 2 is 1.68 bits per heavy atom. The molecule has 0 fully saturated rings. The van der Waals surface area contributed by atoms with E-state index in [9.17, 15) is 4.79 Å².